The first-order valence-electron chi connectivity index (χ1n) is 4.25. The Hall–Kier alpha value is -1.50. The highest BCUT2D eigenvalue weighted by molar-refractivity contribution is 6.00. The van der Waals surface area contributed by atoms with Crippen LogP contribution in [0.2, 0.25) is 0 Å². The lowest BCUT2D eigenvalue weighted by molar-refractivity contribution is -0.116. The Morgan fingerprint density at radius 2 is 2.38 bits per heavy atom. The molecule has 13 heavy (non-hydrogen) atoms. The topological polar surface area (TPSA) is 73.1 Å². The van der Waals surface area contributed by atoms with Crippen molar-refractivity contribution in [2.24, 2.45) is 5.92 Å². The lowest BCUT2D eigenvalue weighted by atomic mass is 9.98. The van der Waals surface area contributed by atoms with Crippen molar-refractivity contribution >= 4 is 5.91 Å². The standard InChI is InChI=1S/C9H12N2O2/c1-3-5(2)7-8(12)6(4-10)9(13)11-7/h5,7,12H,3H2,1-2H3,(H,11,13). The van der Waals surface area contributed by atoms with Crippen LogP contribution in [0.15, 0.2) is 11.3 Å². The molecule has 2 unspecified atom stereocenters. The van der Waals surface area contributed by atoms with E-state index in [0.717, 1.165) is 6.42 Å². The molecule has 0 aromatic rings. The van der Waals surface area contributed by atoms with Gasteiger partial charge in [-0.2, -0.15) is 5.26 Å². The number of hydrogen-bond acceptors (Lipinski definition) is 3. The van der Waals surface area contributed by atoms with Gasteiger partial charge in [0.25, 0.3) is 5.91 Å². The van der Waals surface area contributed by atoms with Gasteiger partial charge in [0.1, 0.15) is 11.8 Å². The lowest BCUT2D eigenvalue weighted by Gasteiger charge is -2.17. The number of nitriles is 1. The van der Waals surface area contributed by atoms with Gasteiger partial charge in [-0.05, 0) is 5.92 Å². The quantitative estimate of drug-likeness (QED) is 0.662. The van der Waals surface area contributed by atoms with E-state index in [4.69, 9.17) is 5.26 Å². The average molecular weight is 180 g/mol. The first-order chi connectivity index (χ1) is 6.11. The largest absolute Gasteiger partial charge is 0.509 e. The van der Waals surface area contributed by atoms with Gasteiger partial charge >= 0.3 is 0 Å². The molecule has 0 aromatic heterocycles. The molecule has 0 aromatic carbocycles. The summed E-state index contributed by atoms with van der Waals surface area (Å²) in [5, 5.41) is 20.6. The van der Waals surface area contributed by atoms with Crippen LogP contribution in [0.5, 0.6) is 0 Å². The Labute approximate surface area is 76.9 Å². The minimum atomic E-state index is -0.467. The highest BCUT2D eigenvalue weighted by Gasteiger charge is 2.34. The third-order valence-corrected chi connectivity index (χ3v) is 2.39. The predicted octanol–water partition coefficient (Wildman–Crippen LogP) is 0.867. The fourth-order valence-corrected chi connectivity index (χ4v) is 1.31. The van der Waals surface area contributed by atoms with Crippen molar-refractivity contribution in [1.82, 2.24) is 5.32 Å². The summed E-state index contributed by atoms with van der Waals surface area (Å²) in [7, 11) is 0. The Kier molecular flexibility index (Phi) is 2.57. The summed E-state index contributed by atoms with van der Waals surface area (Å²) in [4.78, 5) is 11.1. The van der Waals surface area contributed by atoms with Gasteiger partial charge in [-0.3, -0.25) is 4.79 Å². The number of hydrogen-bond donors (Lipinski definition) is 2. The molecule has 0 aliphatic carbocycles. The Morgan fingerprint density at radius 3 is 2.77 bits per heavy atom. The molecule has 2 atom stereocenters. The summed E-state index contributed by atoms with van der Waals surface area (Å²) in [6, 6.07) is 1.31. The van der Waals surface area contributed by atoms with Crippen molar-refractivity contribution in [3.05, 3.63) is 11.3 Å². The first-order valence-corrected chi connectivity index (χ1v) is 4.25. The van der Waals surface area contributed by atoms with Gasteiger partial charge in [-0.25, -0.2) is 0 Å². The number of carbonyl (C=O) groups excluding carboxylic acids is 1. The second kappa shape index (κ2) is 3.48. The fourth-order valence-electron chi connectivity index (χ4n) is 1.31. The Balaban J connectivity index is 2.92. The minimum Gasteiger partial charge on any atom is -0.509 e. The second-order valence-electron chi connectivity index (χ2n) is 3.21. The molecule has 1 aliphatic heterocycles. The maximum Gasteiger partial charge on any atom is 0.266 e. The molecule has 4 nitrogen and oxygen atoms in total. The van der Waals surface area contributed by atoms with Crippen LogP contribution in [0.4, 0.5) is 0 Å². The summed E-state index contributed by atoms with van der Waals surface area (Å²) in [5.41, 5.74) is -0.148. The molecule has 1 heterocycles. The van der Waals surface area contributed by atoms with Gasteiger partial charge in [0.15, 0.2) is 5.57 Å². The number of aliphatic hydroxyl groups is 1. The zero-order valence-corrected chi connectivity index (χ0v) is 7.66. The SMILES string of the molecule is CCC(C)C1NC(=O)C(C#N)=C1O. The van der Waals surface area contributed by atoms with Crippen molar-refractivity contribution in [3.8, 4) is 6.07 Å². The lowest BCUT2D eigenvalue weighted by Crippen LogP contribution is -2.34. The van der Waals surface area contributed by atoms with E-state index in [9.17, 15) is 9.90 Å². The van der Waals surface area contributed by atoms with Crippen LogP contribution in [-0.2, 0) is 4.79 Å². The molecule has 0 fully saturated rings. The predicted molar refractivity (Wildman–Crippen MR) is 46.7 cm³/mol. The van der Waals surface area contributed by atoms with Crippen LogP contribution in [0, 0.1) is 17.2 Å². The molecule has 1 aliphatic rings. The van der Waals surface area contributed by atoms with Crippen molar-refractivity contribution in [2.45, 2.75) is 26.3 Å². The zero-order valence-electron chi connectivity index (χ0n) is 7.66. The normalized spacial score (nSPS) is 24.1. The monoisotopic (exact) mass is 180 g/mol. The molecule has 2 N–H and O–H groups in total. The number of nitrogens with zero attached hydrogens (tertiary/aromatic N) is 1. The van der Waals surface area contributed by atoms with Crippen molar-refractivity contribution in [1.29, 1.82) is 5.26 Å². The summed E-state index contributed by atoms with van der Waals surface area (Å²) in [6.07, 6.45) is 0.841. The summed E-state index contributed by atoms with van der Waals surface area (Å²) >= 11 is 0. The van der Waals surface area contributed by atoms with Crippen LogP contribution >= 0.6 is 0 Å². The van der Waals surface area contributed by atoms with Gasteiger partial charge < -0.3 is 10.4 Å². The number of amides is 1. The minimum absolute atomic E-state index is 0.109. The third kappa shape index (κ3) is 1.50. The van der Waals surface area contributed by atoms with Crippen molar-refractivity contribution in [3.63, 3.8) is 0 Å². The highest BCUT2D eigenvalue weighted by atomic mass is 16.3. The van der Waals surface area contributed by atoms with E-state index in [1.54, 1.807) is 6.07 Å². The zero-order chi connectivity index (χ0) is 10.0. The molecular formula is C9H12N2O2. The third-order valence-electron chi connectivity index (χ3n) is 2.39. The molecule has 0 radical (unpaired) electrons. The van der Waals surface area contributed by atoms with Crippen molar-refractivity contribution < 1.29 is 9.90 Å². The average Bonchev–Trinajstić information content (AvgIpc) is 2.40. The number of aliphatic hydroxyl groups excluding tert-OH is 1. The van der Waals surface area contributed by atoms with E-state index in [1.165, 1.54) is 0 Å². The maximum atomic E-state index is 11.1. The first kappa shape index (κ1) is 9.59. The molecule has 4 heteroatoms. The summed E-state index contributed by atoms with van der Waals surface area (Å²) in [5.74, 6) is -0.429. The van der Waals surface area contributed by atoms with Gasteiger partial charge in [0.05, 0.1) is 6.04 Å². The Morgan fingerprint density at radius 1 is 1.77 bits per heavy atom. The smallest absolute Gasteiger partial charge is 0.266 e. The summed E-state index contributed by atoms with van der Waals surface area (Å²) in [6.45, 7) is 3.88. The molecule has 0 saturated heterocycles. The van der Waals surface area contributed by atoms with E-state index >= 15 is 0 Å². The highest BCUT2D eigenvalue weighted by Crippen LogP contribution is 2.22. The molecule has 0 spiro atoms. The molecular weight excluding hydrogens is 168 g/mol. The number of nitrogens with one attached hydrogen (secondary N) is 1. The van der Waals surface area contributed by atoms with Crippen LogP contribution < -0.4 is 5.32 Å². The molecule has 0 bridgehead atoms. The van der Waals surface area contributed by atoms with E-state index in [1.807, 2.05) is 13.8 Å². The van der Waals surface area contributed by atoms with Crippen LogP contribution in [0.1, 0.15) is 20.3 Å². The second-order valence-corrected chi connectivity index (χ2v) is 3.21. The van der Waals surface area contributed by atoms with Crippen molar-refractivity contribution in [2.75, 3.05) is 0 Å². The maximum absolute atomic E-state index is 11.1. The van der Waals surface area contributed by atoms with E-state index < -0.39 is 5.91 Å². The van der Waals surface area contributed by atoms with Crippen LogP contribution in [0.25, 0.3) is 0 Å². The Bertz CT molecular complexity index is 301. The molecule has 1 amide bonds. The van der Waals surface area contributed by atoms with Gasteiger partial charge in [0, 0.05) is 0 Å². The van der Waals surface area contributed by atoms with E-state index in [0.29, 0.717) is 0 Å². The van der Waals surface area contributed by atoms with Crippen LogP contribution in [0.3, 0.4) is 0 Å². The van der Waals surface area contributed by atoms with Gasteiger partial charge in [-0.1, -0.05) is 20.3 Å². The molecule has 0 saturated carbocycles. The van der Waals surface area contributed by atoms with E-state index in [2.05, 4.69) is 5.32 Å². The fraction of sp³-hybridized carbons (Fsp3) is 0.556. The van der Waals surface area contributed by atoms with Crippen LogP contribution in [-0.4, -0.2) is 17.1 Å². The molecule has 70 valence electrons. The number of rotatable bonds is 2. The summed E-state index contributed by atoms with van der Waals surface area (Å²) < 4.78 is 0. The van der Waals surface area contributed by atoms with Gasteiger partial charge in [0.2, 0.25) is 0 Å². The van der Waals surface area contributed by atoms with E-state index in [-0.39, 0.29) is 23.3 Å². The molecule has 1 rings (SSSR count). The number of carbonyl (C=O) groups is 1. The van der Waals surface area contributed by atoms with Gasteiger partial charge in [-0.15, -0.1) is 0 Å².